The molecule has 1 heterocycles. The first-order valence-electron chi connectivity index (χ1n) is 8.16. The van der Waals surface area contributed by atoms with Crippen LogP contribution in [0.25, 0.3) is 10.6 Å². The lowest BCUT2D eigenvalue weighted by Crippen LogP contribution is -2.24. The molecule has 3 rings (SSSR count). The Kier molecular flexibility index (Phi) is 5.83. The van der Waals surface area contributed by atoms with Gasteiger partial charge in [0.25, 0.3) is 5.69 Å². The van der Waals surface area contributed by atoms with Crippen LogP contribution in [0.1, 0.15) is 16.1 Å². The Morgan fingerprint density at radius 1 is 1.22 bits per heavy atom. The SMILES string of the molecule is Cc1nc(-c2ccccc2Cl)sc1CNC(=O)Cc1ccccc1[N+](=O)[O-]. The van der Waals surface area contributed by atoms with Crippen LogP contribution in [0.15, 0.2) is 48.5 Å². The van der Waals surface area contributed by atoms with E-state index in [9.17, 15) is 14.9 Å². The van der Waals surface area contributed by atoms with Crippen LogP contribution in [0.5, 0.6) is 0 Å². The van der Waals surface area contributed by atoms with Gasteiger partial charge in [-0.15, -0.1) is 11.3 Å². The van der Waals surface area contributed by atoms with Gasteiger partial charge in [0, 0.05) is 22.1 Å². The molecule has 0 bridgehead atoms. The monoisotopic (exact) mass is 401 g/mol. The zero-order valence-electron chi connectivity index (χ0n) is 14.4. The molecule has 0 fully saturated rings. The van der Waals surface area contributed by atoms with Gasteiger partial charge in [0.15, 0.2) is 0 Å². The van der Waals surface area contributed by atoms with E-state index in [-0.39, 0.29) is 18.0 Å². The van der Waals surface area contributed by atoms with E-state index in [1.807, 2.05) is 31.2 Å². The molecule has 0 saturated heterocycles. The van der Waals surface area contributed by atoms with Crippen LogP contribution in [0.4, 0.5) is 5.69 Å². The van der Waals surface area contributed by atoms with Crippen molar-refractivity contribution < 1.29 is 9.72 Å². The zero-order valence-corrected chi connectivity index (χ0v) is 16.0. The minimum atomic E-state index is -0.480. The molecule has 0 aliphatic heterocycles. The number of carbonyl (C=O) groups excluding carboxylic acids is 1. The predicted molar refractivity (Wildman–Crippen MR) is 106 cm³/mol. The third-order valence-electron chi connectivity index (χ3n) is 3.98. The maximum Gasteiger partial charge on any atom is 0.273 e. The maximum atomic E-state index is 12.2. The largest absolute Gasteiger partial charge is 0.351 e. The number of thiazole rings is 1. The number of aromatic nitrogens is 1. The van der Waals surface area contributed by atoms with Gasteiger partial charge in [-0.05, 0) is 13.0 Å². The Bertz CT molecular complexity index is 1000. The van der Waals surface area contributed by atoms with E-state index in [1.165, 1.54) is 17.4 Å². The van der Waals surface area contributed by atoms with Crippen LogP contribution in [-0.2, 0) is 17.8 Å². The number of nitrogens with zero attached hydrogens (tertiary/aromatic N) is 2. The number of hydrogen-bond acceptors (Lipinski definition) is 5. The van der Waals surface area contributed by atoms with Crippen LogP contribution in [0, 0.1) is 17.0 Å². The maximum absolute atomic E-state index is 12.2. The lowest BCUT2D eigenvalue weighted by molar-refractivity contribution is -0.385. The van der Waals surface area contributed by atoms with Gasteiger partial charge in [0.1, 0.15) is 5.01 Å². The van der Waals surface area contributed by atoms with E-state index >= 15 is 0 Å². The van der Waals surface area contributed by atoms with Gasteiger partial charge < -0.3 is 5.32 Å². The Hall–Kier alpha value is -2.77. The Morgan fingerprint density at radius 2 is 1.93 bits per heavy atom. The standard InChI is InChI=1S/C19H16ClN3O3S/c1-12-17(27-19(22-12)14-7-3-4-8-15(14)20)11-21-18(24)10-13-6-2-5-9-16(13)23(25)26/h2-9H,10-11H2,1H3,(H,21,24). The lowest BCUT2D eigenvalue weighted by Gasteiger charge is -2.05. The zero-order chi connectivity index (χ0) is 19.4. The van der Waals surface area contributed by atoms with Gasteiger partial charge in [-0.25, -0.2) is 4.98 Å². The minimum Gasteiger partial charge on any atom is -0.351 e. The second-order valence-corrected chi connectivity index (χ2v) is 7.34. The van der Waals surface area contributed by atoms with Crippen molar-refractivity contribution in [3.05, 3.63) is 79.8 Å². The van der Waals surface area contributed by atoms with Crippen molar-refractivity contribution in [1.29, 1.82) is 0 Å². The van der Waals surface area contributed by atoms with E-state index in [2.05, 4.69) is 10.3 Å². The van der Waals surface area contributed by atoms with E-state index in [1.54, 1.807) is 18.2 Å². The third kappa shape index (κ3) is 4.50. The summed E-state index contributed by atoms with van der Waals surface area (Å²) in [6.07, 6.45) is -0.0492. The van der Waals surface area contributed by atoms with Gasteiger partial charge in [0.2, 0.25) is 5.91 Å². The average Bonchev–Trinajstić information content (AvgIpc) is 3.01. The van der Waals surface area contributed by atoms with Crippen molar-refractivity contribution >= 4 is 34.5 Å². The number of carbonyl (C=O) groups is 1. The first-order chi connectivity index (χ1) is 13.0. The lowest BCUT2D eigenvalue weighted by atomic mass is 10.1. The van der Waals surface area contributed by atoms with Crippen molar-refractivity contribution in [3.8, 4) is 10.6 Å². The molecule has 0 radical (unpaired) electrons. The fourth-order valence-electron chi connectivity index (χ4n) is 2.59. The first kappa shape index (κ1) is 19.0. The summed E-state index contributed by atoms with van der Waals surface area (Å²) in [4.78, 5) is 28.3. The number of nitro benzene ring substituents is 1. The summed E-state index contributed by atoms with van der Waals surface area (Å²) in [5.41, 5.74) is 2.01. The number of amides is 1. The molecule has 1 aromatic heterocycles. The molecule has 8 heteroatoms. The Labute approximate surface area is 165 Å². The van der Waals surface area contributed by atoms with E-state index < -0.39 is 4.92 Å². The fraction of sp³-hybridized carbons (Fsp3) is 0.158. The molecule has 0 aliphatic rings. The van der Waals surface area contributed by atoms with E-state index in [0.29, 0.717) is 17.1 Å². The summed E-state index contributed by atoms with van der Waals surface area (Å²) < 4.78 is 0. The van der Waals surface area contributed by atoms with Gasteiger partial charge in [-0.3, -0.25) is 14.9 Å². The molecule has 2 aromatic carbocycles. The van der Waals surface area contributed by atoms with Gasteiger partial charge in [-0.1, -0.05) is 48.0 Å². The molecule has 1 N–H and O–H groups in total. The summed E-state index contributed by atoms with van der Waals surface area (Å²) >= 11 is 7.69. The highest BCUT2D eigenvalue weighted by atomic mass is 35.5. The van der Waals surface area contributed by atoms with Gasteiger partial charge in [0.05, 0.1) is 28.6 Å². The highest BCUT2D eigenvalue weighted by Gasteiger charge is 2.16. The second-order valence-electron chi connectivity index (χ2n) is 5.85. The van der Waals surface area contributed by atoms with Crippen LogP contribution in [0.3, 0.4) is 0 Å². The first-order valence-corrected chi connectivity index (χ1v) is 9.35. The van der Waals surface area contributed by atoms with Gasteiger partial charge >= 0.3 is 0 Å². The molecule has 0 spiro atoms. The molecular formula is C19H16ClN3O3S. The number of para-hydroxylation sites is 1. The molecule has 0 unspecified atom stereocenters. The molecule has 138 valence electrons. The van der Waals surface area contributed by atoms with Crippen molar-refractivity contribution in [1.82, 2.24) is 10.3 Å². The van der Waals surface area contributed by atoms with Crippen LogP contribution in [-0.4, -0.2) is 15.8 Å². The quantitative estimate of drug-likeness (QED) is 0.485. The number of nitro groups is 1. The predicted octanol–water partition coefficient (Wildman–Crippen LogP) is 4.54. The number of aryl methyl sites for hydroxylation is 1. The Balaban J connectivity index is 1.68. The Morgan fingerprint density at radius 3 is 2.67 bits per heavy atom. The molecule has 0 saturated carbocycles. The molecular weight excluding hydrogens is 386 g/mol. The highest BCUT2D eigenvalue weighted by Crippen LogP contribution is 2.32. The molecule has 0 aliphatic carbocycles. The third-order valence-corrected chi connectivity index (χ3v) is 5.50. The molecule has 1 amide bonds. The molecule has 0 atom stereocenters. The molecule has 3 aromatic rings. The second kappa shape index (κ2) is 8.28. The van der Waals surface area contributed by atoms with Crippen LogP contribution < -0.4 is 5.32 Å². The van der Waals surface area contributed by atoms with Crippen molar-refractivity contribution in [2.24, 2.45) is 0 Å². The summed E-state index contributed by atoms with van der Waals surface area (Å²) in [6.45, 7) is 2.19. The fourth-order valence-corrected chi connectivity index (χ4v) is 3.92. The summed E-state index contributed by atoms with van der Waals surface area (Å²) in [5.74, 6) is -0.281. The number of rotatable bonds is 6. The van der Waals surface area contributed by atoms with Gasteiger partial charge in [-0.2, -0.15) is 0 Å². The van der Waals surface area contributed by atoms with Crippen LogP contribution >= 0.6 is 22.9 Å². The van der Waals surface area contributed by atoms with Crippen molar-refractivity contribution in [2.45, 2.75) is 19.9 Å². The number of benzene rings is 2. The summed E-state index contributed by atoms with van der Waals surface area (Å²) in [7, 11) is 0. The number of nitrogens with one attached hydrogen (secondary N) is 1. The van der Waals surface area contributed by atoms with E-state index in [0.717, 1.165) is 21.1 Å². The smallest absolute Gasteiger partial charge is 0.273 e. The van der Waals surface area contributed by atoms with Crippen LogP contribution in [0.2, 0.25) is 5.02 Å². The number of halogens is 1. The summed E-state index contributed by atoms with van der Waals surface area (Å²) in [5, 5.41) is 15.3. The number of hydrogen-bond donors (Lipinski definition) is 1. The van der Waals surface area contributed by atoms with Crippen molar-refractivity contribution in [2.75, 3.05) is 0 Å². The molecule has 27 heavy (non-hydrogen) atoms. The highest BCUT2D eigenvalue weighted by molar-refractivity contribution is 7.15. The average molecular weight is 402 g/mol. The topological polar surface area (TPSA) is 85.1 Å². The summed E-state index contributed by atoms with van der Waals surface area (Å²) in [6, 6.07) is 13.7. The minimum absolute atomic E-state index is 0.0492. The molecule has 6 nitrogen and oxygen atoms in total. The normalized spacial score (nSPS) is 10.6. The van der Waals surface area contributed by atoms with E-state index in [4.69, 9.17) is 11.6 Å². The van der Waals surface area contributed by atoms with Crippen molar-refractivity contribution in [3.63, 3.8) is 0 Å².